The van der Waals surface area contributed by atoms with E-state index in [4.69, 9.17) is 16.3 Å². The van der Waals surface area contributed by atoms with Crippen LogP contribution in [0.15, 0.2) is 55.1 Å². The second-order valence-electron chi connectivity index (χ2n) is 5.63. The Bertz CT molecular complexity index is 887. The Morgan fingerprint density at radius 1 is 1.21 bits per heavy atom. The zero-order valence-corrected chi connectivity index (χ0v) is 13.1. The Balaban J connectivity index is 1.79. The Morgan fingerprint density at radius 3 is 2.75 bits per heavy atom. The molecule has 2 heterocycles. The van der Waals surface area contributed by atoms with Gasteiger partial charge in [0, 0.05) is 22.2 Å². The van der Waals surface area contributed by atoms with Crippen LogP contribution in [-0.2, 0) is 16.9 Å². The van der Waals surface area contributed by atoms with Gasteiger partial charge >= 0.3 is 0 Å². The molecule has 1 aliphatic rings. The fraction of sp³-hybridized carbons (Fsp3) is 0.176. The van der Waals surface area contributed by atoms with Gasteiger partial charge in [-0.3, -0.25) is 0 Å². The molecule has 2 atom stereocenters. The Kier molecular flexibility index (Phi) is 3.58. The summed E-state index contributed by atoms with van der Waals surface area (Å²) in [6.45, 7) is 0.242. The van der Waals surface area contributed by atoms with E-state index in [9.17, 15) is 8.78 Å². The molecule has 4 rings (SSSR count). The van der Waals surface area contributed by atoms with Gasteiger partial charge in [0.1, 0.15) is 36.0 Å². The molecule has 0 radical (unpaired) electrons. The van der Waals surface area contributed by atoms with Crippen LogP contribution in [0, 0.1) is 11.6 Å². The molecule has 3 aromatic rings. The fourth-order valence-corrected chi connectivity index (χ4v) is 3.21. The van der Waals surface area contributed by atoms with E-state index in [0.29, 0.717) is 5.02 Å². The van der Waals surface area contributed by atoms with Crippen molar-refractivity contribution in [1.29, 1.82) is 0 Å². The predicted molar refractivity (Wildman–Crippen MR) is 83.3 cm³/mol. The number of rotatable bonds is 4. The number of halogens is 3. The third kappa shape index (κ3) is 2.48. The highest BCUT2D eigenvalue weighted by atomic mass is 35.5. The van der Waals surface area contributed by atoms with Gasteiger partial charge < -0.3 is 4.74 Å². The summed E-state index contributed by atoms with van der Waals surface area (Å²) in [5.41, 5.74) is 0.0172. The number of nitrogens with zero attached hydrogens (tertiary/aromatic N) is 3. The molecule has 0 aliphatic carbocycles. The van der Waals surface area contributed by atoms with Crippen LogP contribution < -0.4 is 0 Å². The van der Waals surface area contributed by atoms with Gasteiger partial charge in [0.15, 0.2) is 0 Å². The second-order valence-corrected chi connectivity index (χ2v) is 6.03. The highest BCUT2D eigenvalue weighted by Crippen LogP contribution is 2.59. The predicted octanol–water partition coefficient (Wildman–Crippen LogP) is 3.88. The van der Waals surface area contributed by atoms with E-state index in [2.05, 4.69) is 10.1 Å². The van der Waals surface area contributed by atoms with Crippen molar-refractivity contribution in [1.82, 2.24) is 14.8 Å². The van der Waals surface area contributed by atoms with Crippen molar-refractivity contribution >= 4 is 11.6 Å². The average molecular weight is 348 g/mol. The van der Waals surface area contributed by atoms with Gasteiger partial charge in [0.25, 0.3) is 0 Å². The topological polar surface area (TPSA) is 43.2 Å². The maximum Gasteiger partial charge on any atom is 0.147 e. The van der Waals surface area contributed by atoms with Crippen molar-refractivity contribution in [2.45, 2.75) is 18.2 Å². The molecule has 2 aromatic carbocycles. The molecule has 24 heavy (non-hydrogen) atoms. The number of epoxide rings is 1. The molecule has 122 valence electrons. The zero-order chi connectivity index (χ0) is 16.7. The third-order valence-electron chi connectivity index (χ3n) is 4.13. The maximum atomic E-state index is 14.4. The minimum absolute atomic E-state index is 0.242. The third-order valence-corrected chi connectivity index (χ3v) is 4.48. The van der Waals surface area contributed by atoms with Crippen molar-refractivity contribution in [2.24, 2.45) is 0 Å². The summed E-state index contributed by atoms with van der Waals surface area (Å²) in [5, 5.41) is 4.59. The lowest BCUT2D eigenvalue weighted by Gasteiger charge is -2.15. The van der Waals surface area contributed by atoms with Crippen LogP contribution in [0.4, 0.5) is 8.78 Å². The van der Waals surface area contributed by atoms with Gasteiger partial charge in [-0.2, -0.15) is 5.10 Å². The van der Waals surface area contributed by atoms with Gasteiger partial charge in [-0.25, -0.2) is 18.4 Å². The van der Waals surface area contributed by atoms with E-state index in [0.717, 1.165) is 11.6 Å². The number of hydrogen-bond acceptors (Lipinski definition) is 3. The van der Waals surface area contributed by atoms with Crippen LogP contribution in [0.2, 0.25) is 5.02 Å². The summed E-state index contributed by atoms with van der Waals surface area (Å²) in [5.74, 6) is -1.30. The molecular weight excluding hydrogens is 336 g/mol. The van der Waals surface area contributed by atoms with Crippen molar-refractivity contribution in [2.75, 3.05) is 0 Å². The van der Waals surface area contributed by atoms with Gasteiger partial charge in [0.2, 0.25) is 0 Å². The van der Waals surface area contributed by atoms with Crippen LogP contribution in [0.25, 0.3) is 0 Å². The fourth-order valence-electron chi connectivity index (χ4n) is 2.98. The van der Waals surface area contributed by atoms with E-state index in [1.54, 1.807) is 10.7 Å². The van der Waals surface area contributed by atoms with Crippen molar-refractivity contribution < 1.29 is 13.5 Å². The molecule has 2 unspecified atom stereocenters. The molecule has 0 bridgehead atoms. The summed E-state index contributed by atoms with van der Waals surface area (Å²) in [7, 11) is 0. The lowest BCUT2D eigenvalue weighted by Crippen LogP contribution is -2.21. The monoisotopic (exact) mass is 347 g/mol. The molecule has 1 aromatic heterocycles. The minimum Gasteiger partial charge on any atom is -0.354 e. The smallest absolute Gasteiger partial charge is 0.147 e. The van der Waals surface area contributed by atoms with E-state index in [-0.39, 0.29) is 12.1 Å². The van der Waals surface area contributed by atoms with E-state index in [1.165, 1.54) is 24.8 Å². The van der Waals surface area contributed by atoms with Crippen LogP contribution in [0.3, 0.4) is 0 Å². The van der Waals surface area contributed by atoms with Gasteiger partial charge in [0.05, 0.1) is 6.54 Å². The first-order valence-electron chi connectivity index (χ1n) is 7.30. The summed E-state index contributed by atoms with van der Waals surface area (Å²) < 4.78 is 35.2. The summed E-state index contributed by atoms with van der Waals surface area (Å²) in [4.78, 5) is 3.90. The highest BCUT2D eigenvalue weighted by molar-refractivity contribution is 6.31. The summed E-state index contributed by atoms with van der Waals surface area (Å²) in [6.07, 6.45) is 2.46. The van der Waals surface area contributed by atoms with E-state index >= 15 is 0 Å². The van der Waals surface area contributed by atoms with Crippen LogP contribution in [0.5, 0.6) is 0 Å². The largest absolute Gasteiger partial charge is 0.354 e. The van der Waals surface area contributed by atoms with Crippen molar-refractivity contribution in [3.05, 3.63) is 82.9 Å². The molecule has 1 aliphatic heterocycles. The van der Waals surface area contributed by atoms with Crippen LogP contribution >= 0.6 is 11.6 Å². The maximum absolute atomic E-state index is 14.4. The molecule has 1 fully saturated rings. The first-order valence-corrected chi connectivity index (χ1v) is 7.68. The lowest BCUT2D eigenvalue weighted by atomic mass is 9.91. The number of hydrogen-bond donors (Lipinski definition) is 0. The quantitative estimate of drug-likeness (QED) is 0.673. The normalized spacial score (nSPS) is 22.5. The molecule has 4 nitrogen and oxygen atoms in total. The molecule has 1 saturated heterocycles. The molecule has 0 saturated carbocycles. The van der Waals surface area contributed by atoms with E-state index < -0.39 is 23.3 Å². The highest BCUT2D eigenvalue weighted by Gasteiger charge is 2.60. The molecule has 0 amide bonds. The lowest BCUT2D eigenvalue weighted by molar-refractivity contribution is 0.256. The number of aromatic nitrogens is 3. The van der Waals surface area contributed by atoms with Crippen LogP contribution in [0.1, 0.15) is 17.2 Å². The molecular formula is C17H12ClF2N3O. The zero-order valence-electron chi connectivity index (χ0n) is 12.4. The Hall–Kier alpha value is -2.31. The number of ether oxygens (including phenoxy) is 1. The SMILES string of the molecule is Fc1ccc(C2(Cn3cncn3)OC2c2ccccc2Cl)c(F)c1. The molecule has 0 spiro atoms. The standard InChI is InChI=1S/C17H12ClF2N3O/c18-14-4-2-1-3-12(14)16-17(24-16,8-23-10-21-9-22-23)13-6-5-11(19)7-15(13)20/h1-7,9-10,16H,8H2. The molecule has 0 N–H and O–H groups in total. The first-order chi connectivity index (χ1) is 11.6. The van der Waals surface area contributed by atoms with Gasteiger partial charge in [-0.15, -0.1) is 0 Å². The molecule has 7 heteroatoms. The first kappa shape index (κ1) is 15.2. The summed E-state index contributed by atoms with van der Waals surface area (Å²) >= 11 is 6.25. The summed E-state index contributed by atoms with van der Waals surface area (Å²) in [6, 6.07) is 10.7. The van der Waals surface area contributed by atoms with E-state index in [1.807, 2.05) is 18.2 Å². The average Bonchev–Trinajstić information content (AvgIpc) is 3.01. The second kappa shape index (κ2) is 5.65. The van der Waals surface area contributed by atoms with Crippen molar-refractivity contribution in [3.8, 4) is 0 Å². The Labute approximate surface area is 141 Å². The number of benzene rings is 2. The van der Waals surface area contributed by atoms with Crippen LogP contribution in [-0.4, -0.2) is 14.8 Å². The minimum atomic E-state index is -1.00. The van der Waals surface area contributed by atoms with Gasteiger partial charge in [-0.05, 0) is 12.1 Å². The van der Waals surface area contributed by atoms with Crippen molar-refractivity contribution in [3.63, 3.8) is 0 Å². The van der Waals surface area contributed by atoms with Gasteiger partial charge in [-0.1, -0.05) is 35.9 Å². The Morgan fingerprint density at radius 2 is 2.04 bits per heavy atom.